The van der Waals surface area contributed by atoms with Crippen LogP contribution < -0.4 is 10.6 Å². The van der Waals surface area contributed by atoms with Crippen LogP contribution >= 0.6 is 0 Å². The van der Waals surface area contributed by atoms with Crippen molar-refractivity contribution >= 4 is 17.8 Å². The Bertz CT molecular complexity index is 928. The molecular weight excluding hydrogens is 384 g/mol. The summed E-state index contributed by atoms with van der Waals surface area (Å²) >= 11 is 0. The molecule has 154 valence electrons. The van der Waals surface area contributed by atoms with Crippen molar-refractivity contribution in [3.05, 3.63) is 47.5 Å². The number of phenolic OH excluding ortho intramolecular Hbond substituents is 4. The van der Waals surface area contributed by atoms with Gasteiger partial charge in [0.15, 0.2) is 23.0 Å². The Hall–Kier alpha value is -3.95. The highest BCUT2D eigenvalue weighted by Crippen LogP contribution is 2.28. The van der Waals surface area contributed by atoms with Crippen molar-refractivity contribution in [1.29, 1.82) is 0 Å². The molecule has 0 radical (unpaired) electrons. The number of nitrogens with one attached hydrogen (secondary N) is 2. The summed E-state index contributed by atoms with van der Waals surface area (Å²) in [5.74, 6) is -5.02. The van der Waals surface area contributed by atoms with Gasteiger partial charge in [-0.3, -0.25) is 9.59 Å². The molecule has 0 saturated heterocycles. The summed E-state index contributed by atoms with van der Waals surface area (Å²) in [4.78, 5) is 35.5. The minimum absolute atomic E-state index is 0.0348. The molecule has 0 bridgehead atoms. The van der Waals surface area contributed by atoms with Crippen molar-refractivity contribution in [1.82, 2.24) is 10.6 Å². The van der Waals surface area contributed by atoms with Gasteiger partial charge in [0.05, 0.1) is 11.1 Å². The van der Waals surface area contributed by atoms with E-state index in [4.69, 9.17) is 0 Å². The molecule has 0 fully saturated rings. The number of amides is 2. The van der Waals surface area contributed by atoms with Gasteiger partial charge in [0.25, 0.3) is 11.8 Å². The predicted molar refractivity (Wildman–Crippen MR) is 100 cm³/mol. The van der Waals surface area contributed by atoms with Crippen LogP contribution in [0.15, 0.2) is 36.4 Å². The Morgan fingerprint density at radius 2 is 1.34 bits per heavy atom. The van der Waals surface area contributed by atoms with Crippen molar-refractivity contribution in [3.8, 4) is 23.0 Å². The summed E-state index contributed by atoms with van der Waals surface area (Å²) < 4.78 is 0. The summed E-state index contributed by atoms with van der Waals surface area (Å²) in [6, 6.07) is 6.35. The van der Waals surface area contributed by atoms with E-state index >= 15 is 0 Å². The van der Waals surface area contributed by atoms with E-state index in [2.05, 4.69) is 10.6 Å². The molecule has 10 nitrogen and oxygen atoms in total. The third kappa shape index (κ3) is 5.28. The zero-order valence-corrected chi connectivity index (χ0v) is 15.1. The predicted octanol–water partition coefficient (Wildman–Crippen LogP) is 0.902. The topological polar surface area (TPSA) is 176 Å². The Morgan fingerprint density at radius 3 is 1.86 bits per heavy atom. The van der Waals surface area contributed by atoms with Crippen LogP contribution in [0.1, 0.15) is 33.6 Å². The largest absolute Gasteiger partial charge is 0.504 e. The van der Waals surface area contributed by atoms with E-state index in [1.165, 1.54) is 36.4 Å². The highest BCUT2D eigenvalue weighted by molar-refractivity contribution is 5.99. The first-order valence-electron chi connectivity index (χ1n) is 8.56. The fourth-order valence-corrected chi connectivity index (χ4v) is 2.53. The summed E-state index contributed by atoms with van der Waals surface area (Å²) in [6.07, 6.45) is 0.140. The normalized spacial score (nSPS) is 11.4. The molecule has 0 aliphatic rings. The van der Waals surface area contributed by atoms with Gasteiger partial charge in [0, 0.05) is 6.54 Å². The molecule has 0 aliphatic carbocycles. The lowest BCUT2D eigenvalue weighted by molar-refractivity contribution is -0.139. The number of carboxylic acids is 1. The Balaban J connectivity index is 1.90. The van der Waals surface area contributed by atoms with Crippen molar-refractivity contribution in [2.45, 2.75) is 18.9 Å². The monoisotopic (exact) mass is 404 g/mol. The second-order valence-electron chi connectivity index (χ2n) is 6.11. The van der Waals surface area contributed by atoms with Crippen LogP contribution in [0.3, 0.4) is 0 Å². The lowest BCUT2D eigenvalue weighted by Gasteiger charge is -2.15. The van der Waals surface area contributed by atoms with E-state index in [1.807, 2.05) is 0 Å². The van der Waals surface area contributed by atoms with E-state index in [-0.39, 0.29) is 30.5 Å². The van der Waals surface area contributed by atoms with Crippen LogP contribution in [0.25, 0.3) is 0 Å². The van der Waals surface area contributed by atoms with Crippen LogP contribution in [0, 0.1) is 0 Å². The average molecular weight is 404 g/mol. The summed E-state index contributed by atoms with van der Waals surface area (Å²) in [6.45, 7) is 0.0466. The van der Waals surface area contributed by atoms with Gasteiger partial charge in [-0.1, -0.05) is 12.1 Å². The van der Waals surface area contributed by atoms with Crippen LogP contribution in [0.2, 0.25) is 0 Å². The van der Waals surface area contributed by atoms with E-state index in [0.29, 0.717) is 0 Å². The summed E-state index contributed by atoms with van der Waals surface area (Å²) in [7, 11) is 0. The zero-order chi connectivity index (χ0) is 21.6. The number of carbonyl (C=O) groups is 3. The SMILES string of the molecule is O=C(NCCC[C@@H](NC(=O)c1cccc(O)c1O)C(=O)O)c1cccc(O)c1O. The number of aliphatic carboxylic acids is 1. The molecule has 2 rings (SSSR count). The zero-order valence-electron chi connectivity index (χ0n) is 15.1. The average Bonchev–Trinajstić information content (AvgIpc) is 2.67. The molecule has 2 amide bonds. The third-order valence-electron chi connectivity index (χ3n) is 4.08. The standard InChI is InChI=1S/C19H20N2O8/c22-13-7-1-4-10(15(13)24)17(26)20-9-3-6-12(19(28)29)21-18(27)11-5-2-8-14(23)16(11)25/h1-2,4-5,7-8,12,22-25H,3,6,9H2,(H,20,26)(H,21,27)(H,28,29)/t12-/m1/s1. The van der Waals surface area contributed by atoms with Crippen LogP contribution in [0.5, 0.6) is 23.0 Å². The Labute approximate surface area is 165 Å². The van der Waals surface area contributed by atoms with E-state index < -0.39 is 46.8 Å². The number of hydrogen-bond acceptors (Lipinski definition) is 7. The molecule has 0 aromatic heterocycles. The Kier molecular flexibility index (Phi) is 6.85. The second-order valence-corrected chi connectivity index (χ2v) is 6.11. The molecule has 0 heterocycles. The number of carboxylic acid groups (broad SMARTS) is 1. The number of rotatable bonds is 8. The van der Waals surface area contributed by atoms with Gasteiger partial charge < -0.3 is 36.2 Å². The van der Waals surface area contributed by atoms with Gasteiger partial charge in [0.2, 0.25) is 0 Å². The van der Waals surface area contributed by atoms with Crippen LogP contribution in [0.4, 0.5) is 0 Å². The molecular formula is C19H20N2O8. The van der Waals surface area contributed by atoms with Gasteiger partial charge in [-0.05, 0) is 37.1 Å². The molecule has 7 N–H and O–H groups in total. The molecule has 0 saturated carbocycles. The molecule has 0 aliphatic heterocycles. The minimum Gasteiger partial charge on any atom is -0.504 e. The molecule has 0 unspecified atom stereocenters. The van der Waals surface area contributed by atoms with E-state index in [0.717, 1.165) is 0 Å². The van der Waals surface area contributed by atoms with Crippen LogP contribution in [-0.2, 0) is 4.79 Å². The van der Waals surface area contributed by atoms with Gasteiger partial charge in [-0.15, -0.1) is 0 Å². The molecule has 1 atom stereocenters. The number of para-hydroxylation sites is 2. The maximum atomic E-state index is 12.2. The number of hydrogen-bond donors (Lipinski definition) is 7. The maximum absolute atomic E-state index is 12.2. The summed E-state index contributed by atoms with van der Waals surface area (Å²) in [5, 5.41) is 52.2. The quantitative estimate of drug-likeness (QED) is 0.251. The van der Waals surface area contributed by atoms with Crippen molar-refractivity contribution in [3.63, 3.8) is 0 Å². The second kappa shape index (κ2) is 9.31. The third-order valence-corrected chi connectivity index (χ3v) is 4.08. The van der Waals surface area contributed by atoms with Crippen molar-refractivity contribution in [2.24, 2.45) is 0 Å². The molecule has 0 spiro atoms. The van der Waals surface area contributed by atoms with Gasteiger partial charge in [-0.25, -0.2) is 4.79 Å². The van der Waals surface area contributed by atoms with Gasteiger partial charge in [-0.2, -0.15) is 0 Å². The lowest BCUT2D eigenvalue weighted by Crippen LogP contribution is -2.41. The fraction of sp³-hybridized carbons (Fsp3) is 0.211. The molecule has 29 heavy (non-hydrogen) atoms. The van der Waals surface area contributed by atoms with Crippen LogP contribution in [-0.4, -0.2) is 55.9 Å². The van der Waals surface area contributed by atoms with Crippen molar-refractivity contribution < 1.29 is 39.9 Å². The number of benzene rings is 2. The first-order chi connectivity index (χ1) is 13.7. The molecule has 2 aromatic carbocycles. The molecule has 10 heteroatoms. The maximum Gasteiger partial charge on any atom is 0.326 e. The minimum atomic E-state index is -1.31. The molecule has 2 aromatic rings. The van der Waals surface area contributed by atoms with E-state index in [9.17, 15) is 39.9 Å². The van der Waals surface area contributed by atoms with Crippen molar-refractivity contribution in [2.75, 3.05) is 6.54 Å². The highest BCUT2D eigenvalue weighted by Gasteiger charge is 2.23. The lowest BCUT2D eigenvalue weighted by atomic mass is 10.1. The Morgan fingerprint density at radius 1 is 0.828 bits per heavy atom. The highest BCUT2D eigenvalue weighted by atomic mass is 16.4. The summed E-state index contributed by atoms with van der Waals surface area (Å²) in [5.41, 5.74) is -0.406. The number of phenols is 4. The first-order valence-corrected chi connectivity index (χ1v) is 8.56. The fourth-order valence-electron chi connectivity index (χ4n) is 2.53. The number of carbonyl (C=O) groups excluding carboxylic acids is 2. The van der Waals surface area contributed by atoms with Gasteiger partial charge >= 0.3 is 5.97 Å². The number of aromatic hydroxyl groups is 4. The first kappa shape index (κ1) is 21.4. The smallest absolute Gasteiger partial charge is 0.326 e. The van der Waals surface area contributed by atoms with Gasteiger partial charge in [0.1, 0.15) is 6.04 Å². The van der Waals surface area contributed by atoms with E-state index in [1.54, 1.807) is 0 Å².